The fraction of sp³-hybridized carbons (Fsp3) is 0.381. The zero-order chi connectivity index (χ0) is 19.7. The van der Waals surface area contributed by atoms with E-state index in [9.17, 15) is 13.2 Å². The quantitative estimate of drug-likeness (QED) is 0.846. The second-order valence-corrected chi connectivity index (χ2v) is 9.53. The van der Waals surface area contributed by atoms with Crippen LogP contribution in [0.15, 0.2) is 53.4 Å². The van der Waals surface area contributed by atoms with Gasteiger partial charge in [0.1, 0.15) is 0 Å². The van der Waals surface area contributed by atoms with E-state index in [1.807, 2.05) is 30.3 Å². The Morgan fingerprint density at radius 2 is 1.64 bits per heavy atom. The van der Waals surface area contributed by atoms with Crippen molar-refractivity contribution in [2.24, 2.45) is 0 Å². The number of nitrogens with zero attached hydrogens (tertiary/aromatic N) is 2. The van der Waals surface area contributed by atoms with Gasteiger partial charge in [0, 0.05) is 26.2 Å². The molecule has 2 aliphatic rings. The van der Waals surface area contributed by atoms with Crippen LogP contribution in [0.5, 0.6) is 0 Å². The average Bonchev–Trinajstić information content (AvgIpc) is 2.77. The van der Waals surface area contributed by atoms with E-state index in [1.165, 1.54) is 0 Å². The Kier molecular flexibility index (Phi) is 5.23. The lowest BCUT2D eigenvalue weighted by atomic mass is 9.95. The highest BCUT2D eigenvalue weighted by Gasteiger charge is 2.32. The second-order valence-electron chi connectivity index (χ2n) is 7.58. The van der Waals surface area contributed by atoms with E-state index in [4.69, 9.17) is 0 Å². The Hall–Kier alpha value is -2.22. The van der Waals surface area contributed by atoms with Crippen molar-refractivity contribution < 1.29 is 13.2 Å². The smallest absolute Gasteiger partial charge is 0.234 e. The maximum Gasteiger partial charge on any atom is 0.234 e. The molecule has 28 heavy (non-hydrogen) atoms. The van der Waals surface area contributed by atoms with E-state index in [2.05, 4.69) is 22.2 Å². The van der Waals surface area contributed by atoms with Gasteiger partial charge in [-0.05, 0) is 29.8 Å². The lowest BCUT2D eigenvalue weighted by Gasteiger charge is -2.32. The van der Waals surface area contributed by atoms with Crippen LogP contribution in [0.4, 0.5) is 0 Å². The van der Waals surface area contributed by atoms with Gasteiger partial charge in [0.2, 0.25) is 5.91 Å². The summed E-state index contributed by atoms with van der Waals surface area (Å²) in [7, 11) is -1.38. The molecule has 0 aromatic heterocycles. The number of carbonyl (C=O) groups is 1. The van der Waals surface area contributed by atoms with Gasteiger partial charge in [-0.25, -0.2) is 8.42 Å². The van der Waals surface area contributed by atoms with Crippen LogP contribution in [0.25, 0.3) is 0 Å². The number of carbonyl (C=O) groups excluding carboxylic acids is 1. The first-order chi connectivity index (χ1) is 13.4. The van der Waals surface area contributed by atoms with Gasteiger partial charge in [-0.2, -0.15) is 0 Å². The molecule has 1 saturated heterocycles. The van der Waals surface area contributed by atoms with Crippen LogP contribution < -0.4 is 5.32 Å². The normalized spacial score (nSPS) is 22.0. The van der Waals surface area contributed by atoms with Crippen LogP contribution in [-0.2, 0) is 20.4 Å². The van der Waals surface area contributed by atoms with E-state index in [-0.39, 0.29) is 11.7 Å². The van der Waals surface area contributed by atoms with Crippen molar-refractivity contribution >= 4 is 15.7 Å². The highest BCUT2D eigenvalue weighted by Crippen LogP contribution is 2.36. The van der Waals surface area contributed by atoms with Crippen molar-refractivity contribution in [3.8, 4) is 0 Å². The van der Waals surface area contributed by atoms with Gasteiger partial charge in [0.25, 0.3) is 0 Å². The lowest BCUT2D eigenvalue weighted by Crippen LogP contribution is -2.48. The van der Waals surface area contributed by atoms with Crippen LogP contribution in [0.3, 0.4) is 0 Å². The third kappa shape index (κ3) is 3.83. The average molecular weight is 400 g/mol. The van der Waals surface area contributed by atoms with Crippen molar-refractivity contribution in [2.45, 2.75) is 16.7 Å². The number of fused-ring (bicyclic) bond motifs is 2. The highest BCUT2D eigenvalue weighted by atomic mass is 32.2. The minimum Gasteiger partial charge on any atom is -0.344 e. The predicted octanol–water partition coefficient (Wildman–Crippen LogP) is 1.43. The molecule has 0 bridgehead atoms. The predicted molar refractivity (Wildman–Crippen MR) is 108 cm³/mol. The van der Waals surface area contributed by atoms with Gasteiger partial charge in [-0.1, -0.05) is 42.5 Å². The number of sulfone groups is 1. The van der Waals surface area contributed by atoms with Crippen LogP contribution in [0.1, 0.15) is 22.7 Å². The molecule has 2 aromatic carbocycles. The van der Waals surface area contributed by atoms with Crippen molar-refractivity contribution in [3.05, 3.63) is 65.2 Å². The molecule has 1 unspecified atom stereocenters. The third-order valence-corrected chi connectivity index (χ3v) is 7.28. The van der Waals surface area contributed by atoms with E-state index < -0.39 is 15.9 Å². The van der Waals surface area contributed by atoms with Crippen molar-refractivity contribution in [2.75, 3.05) is 39.8 Å². The van der Waals surface area contributed by atoms with Gasteiger partial charge in [-0.3, -0.25) is 9.69 Å². The maximum atomic E-state index is 12.9. The van der Waals surface area contributed by atoms with Crippen molar-refractivity contribution in [1.82, 2.24) is 15.1 Å². The van der Waals surface area contributed by atoms with Gasteiger partial charge in [0.05, 0.1) is 23.2 Å². The first kappa shape index (κ1) is 19.1. The zero-order valence-electron chi connectivity index (χ0n) is 16.0. The van der Waals surface area contributed by atoms with Gasteiger partial charge < -0.3 is 10.2 Å². The Labute approximate surface area is 166 Å². The molecular weight excluding hydrogens is 374 g/mol. The Morgan fingerprint density at radius 3 is 2.39 bits per heavy atom. The molecule has 4 rings (SSSR count). The molecule has 2 aliphatic heterocycles. The fourth-order valence-electron chi connectivity index (χ4n) is 3.97. The molecule has 2 heterocycles. The van der Waals surface area contributed by atoms with Gasteiger partial charge >= 0.3 is 0 Å². The number of amides is 1. The van der Waals surface area contributed by atoms with E-state index in [1.54, 1.807) is 18.2 Å². The summed E-state index contributed by atoms with van der Waals surface area (Å²) in [6.45, 7) is 3.93. The summed E-state index contributed by atoms with van der Waals surface area (Å²) in [6.07, 6.45) is 0. The van der Waals surface area contributed by atoms with Crippen LogP contribution in [0.2, 0.25) is 0 Å². The Balaban J connectivity index is 1.65. The molecule has 2 aromatic rings. The van der Waals surface area contributed by atoms with Gasteiger partial charge in [-0.15, -0.1) is 0 Å². The molecule has 148 valence electrons. The number of benzene rings is 2. The number of hydrogen-bond donors (Lipinski definition) is 1. The first-order valence-corrected chi connectivity index (χ1v) is 11.2. The number of rotatable bonds is 3. The Bertz CT molecular complexity index is 982. The van der Waals surface area contributed by atoms with Crippen molar-refractivity contribution in [3.63, 3.8) is 0 Å². The SMILES string of the molecule is CN1CCN(CC(=O)NC2c3ccccc3CS(=O)(=O)c3ccccc32)CC1. The molecule has 1 atom stereocenters. The van der Waals surface area contributed by atoms with E-state index in [0.717, 1.165) is 37.3 Å². The molecule has 6 nitrogen and oxygen atoms in total. The molecular formula is C21H25N3O3S. The summed E-state index contributed by atoms with van der Waals surface area (Å²) >= 11 is 0. The lowest BCUT2D eigenvalue weighted by molar-refractivity contribution is -0.123. The second kappa shape index (κ2) is 7.66. The minimum atomic E-state index is -3.46. The van der Waals surface area contributed by atoms with Gasteiger partial charge in [0.15, 0.2) is 9.84 Å². The topological polar surface area (TPSA) is 69.7 Å². The third-order valence-electron chi connectivity index (χ3n) is 5.55. The molecule has 0 radical (unpaired) electrons. The molecule has 0 spiro atoms. The molecule has 0 aliphatic carbocycles. The fourth-order valence-corrected chi connectivity index (χ4v) is 5.63. The minimum absolute atomic E-state index is 0.0506. The number of likely N-dealkylation sites (N-methyl/N-ethyl adjacent to an activating group) is 1. The highest BCUT2D eigenvalue weighted by molar-refractivity contribution is 7.90. The monoisotopic (exact) mass is 399 g/mol. The summed E-state index contributed by atoms with van der Waals surface area (Å²) in [4.78, 5) is 17.5. The van der Waals surface area contributed by atoms with E-state index in [0.29, 0.717) is 17.0 Å². The van der Waals surface area contributed by atoms with Crippen LogP contribution in [0, 0.1) is 0 Å². The van der Waals surface area contributed by atoms with Crippen LogP contribution in [-0.4, -0.2) is 63.9 Å². The summed E-state index contributed by atoms with van der Waals surface area (Å²) in [5.74, 6) is -0.135. The zero-order valence-corrected chi connectivity index (χ0v) is 16.8. The van der Waals surface area contributed by atoms with Crippen molar-refractivity contribution in [1.29, 1.82) is 0 Å². The summed E-state index contributed by atoms with van der Waals surface area (Å²) in [6, 6.07) is 14.0. The molecule has 1 fully saturated rings. The first-order valence-electron chi connectivity index (χ1n) is 9.54. The molecule has 1 amide bonds. The van der Waals surface area contributed by atoms with Crippen LogP contribution >= 0.6 is 0 Å². The number of piperazine rings is 1. The molecule has 7 heteroatoms. The molecule has 1 N–H and O–H groups in total. The number of hydrogen-bond acceptors (Lipinski definition) is 5. The largest absolute Gasteiger partial charge is 0.344 e. The number of nitrogens with one attached hydrogen (secondary N) is 1. The molecule has 0 saturated carbocycles. The Morgan fingerprint density at radius 1 is 1.00 bits per heavy atom. The summed E-state index contributed by atoms with van der Waals surface area (Å²) in [5.41, 5.74) is 2.23. The maximum absolute atomic E-state index is 12.9. The summed E-state index contributed by atoms with van der Waals surface area (Å²) in [5, 5.41) is 3.11. The standard InChI is InChI=1S/C21H25N3O3S/c1-23-10-12-24(13-11-23)14-20(25)22-21-17-7-3-2-6-16(17)15-28(26,27)19-9-5-4-8-18(19)21/h2-9,21H,10-15H2,1H3,(H,22,25). The summed E-state index contributed by atoms with van der Waals surface area (Å²) < 4.78 is 25.8. The van der Waals surface area contributed by atoms with E-state index >= 15 is 0 Å².